The highest BCUT2D eigenvalue weighted by molar-refractivity contribution is 7.07. The summed E-state index contributed by atoms with van der Waals surface area (Å²) in [7, 11) is 0. The lowest BCUT2D eigenvalue weighted by Gasteiger charge is -2.24. The van der Waals surface area contributed by atoms with Gasteiger partial charge in [-0.1, -0.05) is 48.0 Å². The molecular weight excluding hydrogens is 366 g/mol. The van der Waals surface area contributed by atoms with Gasteiger partial charge in [-0.25, -0.2) is 4.99 Å². The van der Waals surface area contributed by atoms with E-state index in [9.17, 15) is 0 Å². The topological polar surface area (TPSA) is 31.0 Å². The molecule has 0 bridgehead atoms. The van der Waals surface area contributed by atoms with Crippen molar-refractivity contribution in [2.45, 2.75) is 20.4 Å². The Balaban J connectivity index is 1.71. The smallest absolute Gasteiger partial charge is 0.190 e. The van der Waals surface area contributed by atoms with Gasteiger partial charge < -0.3 is 14.2 Å². The number of ether oxygens (including phenoxy) is 1. The van der Waals surface area contributed by atoms with Crippen molar-refractivity contribution in [3.63, 3.8) is 0 Å². The Morgan fingerprint density at radius 1 is 1.07 bits per heavy atom. The standard InChI is InChI=1S/C23H27N3OS/c1-18-8-9-21(19(2)16-18)24-23-26(11-10-25-12-14-27-15-13-25)22(17-28-23)20-6-4-3-5-7-20/h3-9,16-17H,10-15H2,1-2H3/p+1. The van der Waals surface area contributed by atoms with Crippen LogP contribution in [0.2, 0.25) is 0 Å². The minimum Gasteiger partial charge on any atom is -0.370 e. The molecule has 0 spiro atoms. The molecule has 1 aliphatic heterocycles. The lowest BCUT2D eigenvalue weighted by Crippen LogP contribution is -3.14. The van der Waals surface area contributed by atoms with Crippen LogP contribution in [-0.4, -0.2) is 37.4 Å². The van der Waals surface area contributed by atoms with Gasteiger partial charge in [-0.3, -0.25) is 0 Å². The summed E-state index contributed by atoms with van der Waals surface area (Å²) in [6, 6.07) is 17.1. The van der Waals surface area contributed by atoms with Crippen LogP contribution in [-0.2, 0) is 11.3 Å². The number of hydrogen-bond donors (Lipinski definition) is 1. The Morgan fingerprint density at radius 2 is 1.86 bits per heavy atom. The maximum absolute atomic E-state index is 5.51. The number of benzene rings is 2. The number of nitrogens with one attached hydrogen (secondary N) is 1. The van der Waals surface area contributed by atoms with Crippen molar-refractivity contribution in [3.05, 3.63) is 69.8 Å². The Labute approximate surface area is 170 Å². The number of quaternary nitrogens is 1. The zero-order valence-corrected chi connectivity index (χ0v) is 17.5. The fraction of sp³-hybridized carbons (Fsp3) is 0.348. The van der Waals surface area contributed by atoms with E-state index in [1.165, 1.54) is 22.4 Å². The molecule has 1 aliphatic rings. The molecule has 0 atom stereocenters. The molecule has 1 saturated heterocycles. The van der Waals surface area contributed by atoms with Crippen LogP contribution in [0, 0.1) is 13.8 Å². The maximum Gasteiger partial charge on any atom is 0.190 e. The van der Waals surface area contributed by atoms with Crippen molar-refractivity contribution in [2.24, 2.45) is 4.99 Å². The van der Waals surface area contributed by atoms with Crippen molar-refractivity contribution in [3.8, 4) is 11.3 Å². The summed E-state index contributed by atoms with van der Waals surface area (Å²) in [6.45, 7) is 10.3. The molecule has 28 heavy (non-hydrogen) atoms. The molecule has 2 aromatic carbocycles. The zero-order valence-electron chi connectivity index (χ0n) is 16.6. The normalized spacial score (nSPS) is 15.9. The first-order valence-electron chi connectivity index (χ1n) is 9.98. The van der Waals surface area contributed by atoms with Gasteiger partial charge in [0, 0.05) is 5.38 Å². The molecule has 5 heteroatoms. The third kappa shape index (κ3) is 4.43. The van der Waals surface area contributed by atoms with E-state index in [2.05, 4.69) is 72.3 Å². The monoisotopic (exact) mass is 394 g/mol. The third-order valence-corrected chi connectivity index (χ3v) is 6.19. The summed E-state index contributed by atoms with van der Waals surface area (Å²) in [6.07, 6.45) is 0. The Hall–Kier alpha value is -2.21. The number of morpholine rings is 1. The molecule has 3 aromatic rings. The molecule has 2 heterocycles. The van der Waals surface area contributed by atoms with Crippen LogP contribution in [0.3, 0.4) is 0 Å². The van der Waals surface area contributed by atoms with Gasteiger partial charge in [0.1, 0.15) is 13.1 Å². The average Bonchev–Trinajstić information content (AvgIpc) is 3.12. The van der Waals surface area contributed by atoms with Crippen LogP contribution in [0.4, 0.5) is 5.69 Å². The number of hydrogen-bond acceptors (Lipinski definition) is 3. The summed E-state index contributed by atoms with van der Waals surface area (Å²) < 4.78 is 7.90. The van der Waals surface area contributed by atoms with Crippen LogP contribution in [0.25, 0.3) is 11.3 Å². The highest BCUT2D eigenvalue weighted by Gasteiger charge is 2.15. The van der Waals surface area contributed by atoms with Crippen molar-refractivity contribution >= 4 is 17.0 Å². The average molecular weight is 395 g/mol. The number of nitrogens with zero attached hydrogens (tertiary/aromatic N) is 2. The van der Waals surface area contributed by atoms with Gasteiger partial charge in [0.15, 0.2) is 4.80 Å². The van der Waals surface area contributed by atoms with E-state index < -0.39 is 0 Å². The second-order valence-corrected chi connectivity index (χ2v) is 8.27. The van der Waals surface area contributed by atoms with Crippen LogP contribution in [0.15, 0.2) is 58.9 Å². The predicted octanol–water partition coefficient (Wildman–Crippen LogP) is 2.98. The SMILES string of the molecule is Cc1ccc(N=c2scc(-c3ccccc3)n2CC[NH+]2CCOCC2)c(C)c1. The van der Waals surface area contributed by atoms with Gasteiger partial charge in [-0.2, -0.15) is 0 Å². The molecule has 0 unspecified atom stereocenters. The van der Waals surface area contributed by atoms with E-state index in [-0.39, 0.29) is 0 Å². The van der Waals surface area contributed by atoms with E-state index in [1.807, 2.05) is 0 Å². The fourth-order valence-corrected chi connectivity index (χ4v) is 4.64. The van der Waals surface area contributed by atoms with Gasteiger partial charge >= 0.3 is 0 Å². The molecule has 0 amide bonds. The highest BCUT2D eigenvalue weighted by Crippen LogP contribution is 2.22. The number of thiazole rings is 1. The van der Waals surface area contributed by atoms with Crippen LogP contribution >= 0.6 is 11.3 Å². The largest absolute Gasteiger partial charge is 0.370 e. The molecule has 1 N–H and O–H groups in total. The van der Waals surface area contributed by atoms with Crippen molar-refractivity contribution < 1.29 is 9.64 Å². The number of aromatic nitrogens is 1. The Morgan fingerprint density at radius 3 is 2.61 bits per heavy atom. The maximum atomic E-state index is 5.51. The molecule has 0 saturated carbocycles. The quantitative estimate of drug-likeness (QED) is 0.709. The van der Waals surface area contributed by atoms with Crippen LogP contribution in [0.1, 0.15) is 11.1 Å². The molecule has 1 fully saturated rings. The van der Waals surface area contributed by atoms with Crippen molar-refractivity contribution in [1.29, 1.82) is 0 Å². The third-order valence-electron chi connectivity index (χ3n) is 5.32. The number of aryl methyl sites for hydroxylation is 2. The summed E-state index contributed by atoms with van der Waals surface area (Å²) in [5.41, 5.74) is 6.05. The summed E-state index contributed by atoms with van der Waals surface area (Å²) in [4.78, 5) is 7.72. The van der Waals surface area contributed by atoms with E-state index in [4.69, 9.17) is 9.73 Å². The second kappa shape index (κ2) is 8.86. The molecule has 146 valence electrons. The zero-order chi connectivity index (χ0) is 19.3. The van der Waals surface area contributed by atoms with Gasteiger partial charge in [0.25, 0.3) is 0 Å². The molecule has 0 aliphatic carbocycles. The summed E-state index contributed by atoms with van der Waals surface area (Å²) in [5.74, 6) is 0. The molecule has 4 nitrogen and oxygen atoms in total. The number of rotatable bonds is 5. The molecule has 0 radical (unpaired) electrons. The van der Waals surface area contributed by atoms with E-state index in [0.29, 0.717) is 0 Å². The van der Waals surface area contributed by atoms with E-state index in [1.54, 1.807) is 16.2 Å². The highest BCUT2D eigenvalue weighted by atomic mass is 32.1. The Kier molecular flexibility index (Phi) is 6.05. The van der Waals surface area contributed by atoms with Gasteiger partial charge in [0.2, 0.25) is 0 Å². The second-order valence-electron chi connectivity index (χ2n) is 7.44. The lowest BCUT2D eigenvalue weighted by molar-refractivity contribution is -0.908. The van der Waals surface area contributed by atoms with E-state index in [0.717, 1.165) is 49.9 Å². The van der Waals surface area contributed by atoms with Crippen LogP contribution < -0.4 is 9.70 Å². The first-order chi connectivity index (χ1) is 13.7. The lowest BCUT2D eigenvalue weighted by atomic mass is 10.1. The molecule has 1 aromatic heterocycles. The summed E-state index contributed by atoms with van der Waals surface area (Å²) >= 11 is 1.73. The molecular formula is C23H28N3OS+. The van der Waals surface area contributed by atoms with Gasteiger partial charge in [0.05, 0.1) is 37.7 Å². The summed E-state index contributed by atoms with van der Waals surface area (Å²) in [5, 5.41) is 2.24. The van der Waals surface area contributed by atoms with Crippen LogP contribution in [0.5, 0.6) is 0 Å². The van der Waals surface area contributed by atoms with Gasteiger partial charge in [-0.05, 0) is 31.0 Å². The predicted molar refractivity (Wildman–Crippen MR) is 115 cm³/mol. The Bertz CT molecular complexity index is 985. The minimum absolute atomic E-state index is 0.870. The van der Waals surface area contributed by atoms with Crippen molar-refractivity contribution in [2.75, 3.05) is 32.8 Å². The molecule has 4 rings (SSSR count). The first-order valence-corrected chi connectivity index (χ1v) is 10.9. The van der Waals surface area contributed by atoms with Gasteiger partial charge in [-0.15, -0.1) is 11.3 Å². The minimum atomic E-state index is 0.870. The first kappa shape index (κ1) is 19.1. The van der Waals surface area contributed by atoms with E-state index >= 15 is 0 Å². The fourth-order valence-electron chi connectivity index (χ4n) is 3.69. The van der Waals surface area contributed by atoms with Crippen molar-refractivity contribution in [1.82, 2.24) is 4.57 Å².